The number of nitrogens with one attached hydrogen (secondary N) is 1. The molecule has 30 heavy (non-hydrogen) atoms. The molecule has 3 N–H and O–H groups in total. The minimum Gasteiger partial charge on any atom is -0.497 e. The molecule has 0 fully saturated rings. The van der Waals surface area contributed by atoms with Crippen LogP contribution in [0, 0.1) is 0 Å². The van der Waals surface area contributed by atoms with Gasteiger partial charge in [-0.2, -0.15) is 0 Å². The van der Waals surface area contributed by atoms with Crippen LogP contribution >= 0.6 is 34.4 Å². The van der Waals surface area contributed by atoms with Gasteiger partial charge in [-0.25, -0.2) is 9.97 Å². The highest BCUT2D eigenvalue weighted by Crippen LogP contribution is 2.38. The summed E-state index contributed by atoms with van der Waals surface area (Å²) in [6.45, 7) is 0. The summed E-state index contributed by atoms with van der Waals surface area (Å²) in [6, 6.07) is 7.69. The van der Waals surface area contributed by atoms with Crippen molar-refractivity contribution in [1.29, 1.82) is 0 Å². The Balaban J connectivity index is 1.27. The molecule has 7 nitrogen and oxygen atoms in total. The van der Waals surface area contributed by atoms with E-state index in [1.54, 1.807) is 30.2 Å². The third-order valence-electron chi connectivity index (χ3n) is 4.96. The van der Waals surface area contributed by atoms with E-state index in [9.17, 15) is 0 Å². The second-order valence-electron chi connectivity index (χ2n) is 6.93. The van der Waals surface area contributed by atoms with Gasteiger partial charge in [-0.3, -0.25) is 0 Å². The number of hydrogen-bond acceptors (Lipinski definition) is 10. The molecule has 0 aliphatic heterocycles. The lowest BCUT2D eigenvalue weighted by Crippen LogP contribution is -2.02. The van der Waals surface area contributed by atoms with E-state index in [-0.39, 0.29) is 0 Å². The number of anilines is 3. The summed E-state index contributed by atoms with van der Waals surface area (Å²) in [5, 5.41) is 13.6. The maximum atomic E-state index is 6.31. The Morgan fingerprint density at radius 1 is 1.10 bits per heavy atom. The Hall–Kier alpha value is -2.43. The molecule has 0 amide bonds. The molecule has 0 spiro atoms. The summed E-state index contributed by atoms with van der Waals surface area (Å²) in [5.41, 5.74) is 8.62. The second kappa shape index (κ2) is 8.37. The monoisotopic (exact) mass is 456 g/mol. The first kappa shape index (κ1) is 19.5. The Kier molecular flexibility index (Phi) is 5.45. The largest absolute Gasteiger partial charge is 0.497 e. The number of fused-ring (bicyclic) bond motifs is 3. The number of hydrogen-bond donors (Lipinski definition) is 2. The predicted octanol–water partition coefficient (Wildman–Crippen LogP) is 5.05. The Bertz CT molecular complexity index is 1190. The number of nitrogen functional groups attached to an aromatic ring is 1. The number of rotatable bonds is 6. The molecule has 0 unspecified atom stereocenters. The number of thioether (sulfide) groups is 1. The fourth-order valence-electron chi connectivity index (χ4n) is 3.54. The lowest BCUT2D eigenvalue weighted by atomic mass is 9.97. The van der Waals surface area contributed by atoms with Gasteiger partial charge in [-0.05, 0) is 55.5 Å². The zero-order valence-electron chi connectivity index (χ0n) is 16.3. The van der Waals surface area contributed by atoms with Gasteiger partial charge in [0.1, 0.15) is 22.2 Å². The van der Waals surface area contributed by atoms with Gasteiger partial charge in [-0.1, -0.05) is 23.1 Å². The van der Waals surface area contributed by atoms with Crippen LogP contribution in [0.3, 0.4) is 0 Å². The van der Waals surface area contributed by atoms with Crippen LogP contribution in [0.25, 0.3) is 10.2 Å². The van der Waals surface area contributed by atoms with E-state index in [0.29, 0.717) is 11.6 Å². The van der Waals surface area contributed by atoms with Gasteiger partial charge in [0.05, 0.1) is 18.2 Å². The Labute approximate surface area is 186 Å². The van der Waals surface area contributed by atoms with Crippen molar-refractivity contribution in [1.82, 2.24) is 20.2 Å². The molecular weight excluding hydrogens is 436 g/mol. The number of methoxy groups -OCH3 is 1. The summed E-state index contributed by atoms with van der Waals surface area (Å²) < 4.78 is 6.04. The molecule has 154 valence electrons. The van der Waals surface area contributed by atoms with Crippen molar-refractivity contribution in [2.75, 3.05) is 18.2 Å². The van der Waals surface area contributed by atoms with Crippen LogP contribution in [-0.4, -0.2) is 27.3 Å². The number of ether oxygens (including phenoxy) is 1. The van der Waals surface area contributed by atoms with Crippen LogP contribution in [0.15, 0.2) is 28.6 Å². The van der Waals surface area contributed by atoms with Gasteiger partial charge in [0.2, 0.25) is 5.13 Å². The van der Waals surface area contributed by atoms with Gasteiger partial charge in [0.15, 0.2) is 4.34 Å². The standard InChI is InChI=1S/C20H20N6OS3/c1-27-12-8-6-11(7-9-12)22-19-25-26-20(30-19)28-10-15-23-17(21)16-13-4-2-3-5-14(13)29-18(16)24-15/h6-9H,2-5,10H2,1H3,(H,22,25)(H2,21,23,24). The van der Waals surface area contributed by atoms with Crippen molar-refractivity contribution in [3.8, 4) is 5.75 Å². The van der Waals surface area contributed by atoms with Crippen molar-refractivity contribution in [2.45, 2.75) is 35.8 Å². The molecule has 5 rings (SSSR count). The fraction of sp³-hybridized carbons (Fsp3) is 0.300. The topological polar surface area (TPSA) is 98.8 Å². The van der Waals surface area contributed by atoms with E-state index in [1.807, 2.05) is 24.3 Å². The maximum absolute atomic E-state index is 6.31. The molecular formula is C20H20N6OS3. The first-order chi connectivity index (χ1) is 14.7. The molecule has 1 aliphatic carbocycles. The molecule has 0 atom stereocenters. The molecule has 0 saturated heterocycles. The van der Waals surface area contributed by atoms with Crippen molar-refractivity contribution in [3.63, 3.8) is 0 Å². The van der Waals surface area contributed by atoms with Gasteiger partial charge in [0, 0.05) is 10.6 Å². The zero-order valence-corrected chi connectivity index (χ0v) is 18.8. The molecule has 0 saturated carbocycles. The number of thiophene rings is 1. The number of nitrogens with two attached hydrogens (primary N) is 1. The smallest absolute Gasteiger partial charge is 0.210 e. The predicted molar refractivity (Wildman–Crippen MR) is 124 cm³/mol. The Morgan fingerprint density at radius 2 is 1.93 bits per heavy atom. The molecule has 3 heterocycles. The highest BCUT2D eigenvalue weighted by molar-refractivity contribution is 8.00. The number of aryl methyl sites for hydroxylation is 2. The molecule has 1 aromatic carbocycles. The van der Waals surface area contributed by atoms with Crippen LogP contribution < -0.4 is 15.8 Å². The van der Waals surface area contributed by atoms with E-state index in [2.05, 4.69) is 20.5 Å². The fourth-order valence-corrected chi connectivity index (χ4v) is 6.45. The summed E-state index contributed by atoms with van der Waals surface area (Å²) in [7, 11) is 1.65. The van der Waals surface area contributed by atoms with Gasteiger partial charge in [-0.15, -0.1) is 21.5 Å². The van der Waals surface area contributed by atoms with Gasteiger partial charge in [0.25, 0.3) is 0 Å². The molecule has 10 heteroatoms. The first-order valence-electron chi connectivity index (χ1n) is 9.63. The lowest BCUT2D eigenvalue weighted by Gasteiger charge is -2.10. The average Bonchev–Trinajstić information content (AvgIpc) is 3.37. The normalized spacial score (nSPS) is 13.4. The summed E-state index contributed by atoms with van der Waals surface area (Å²) in [6.07, 6.45) is 4.69. The minimum atomic E-state index is 0.606. The van der Waals surface area contributed by atoms with Crippen molar-refractivity contribution in [2.24, 2.45) is 0 Å². The lowest BCUT2D eigenvalue weighted by molar-refractivity contribution is 0.415. The van der Waals surface area contributed by atoms with Crippen molar-refractivity contribution in [3.05, 3.63) is 40.5 Å². The highest BCUT2D eigenvalue weighted by atomic mass is 32.2. The van der Waals surface area contributed by atoms with E-state index in [1.165, 1.54) is 34.6 Å². The minimum absolute atomic E-state index is 0.606. The number of benzene rings is 1. The average molecular weight is 457 g/mol. The Morgan fingerprint density at radius 3 is 2.77 bits per heavy atom. The van der Waals surface area contributed by atoms with Gasteiger partial charge >= 0.3 is 0 Å². The molecule has 0 bridgehead atoms. The molecule has 0 radical (unpaired) electrons. The van der Waals surface area contributed by atoms with E-state index >= 15 is 0 Å². The van der Waals surface area contributed by atoms with Crippen LogP contribution in [0.5, 0.6) is 5.75 Å². The molecule has 4 aromatic rings. The van der Waals surface area contributed by atoms with Crippen LogP contribution in [0.1, 0.15) is 29.1 Å². The maximum Gasteiger partial charge on any atom is 0.210 e. The number of nitrogens with zero attached hydrogens (tertiary/aromatic N) is 4. The van der Waals surface area contributed by atoms with E-state index < -0.39 is 0 Å². The quantitative estimate of drug-likeness (QED) is 0.389. The highest BCUT2D eigenvalue weighted by Gasteiger charge is 2.20. The molecule has 1 aliphatic rings. The summed E-state index contributed by atoms with van der Waals surface area (Å²) in [4.78, 5) is 11.8. The van der Waals surface area contributed by atoms with Gasteiger partial charge < -0.3 is 15.8 Å². The third-order valence-corrected chi connectivity index (χ3v) is 8.12. The molecule has 3 aromatic heterocycles. The SMILES string of the molecule is COc1ccc(Nc2nnc(SCc3nc(N)c4c5c(sc4n3)CCCC5)s2)cc1. The van der Waals surface area contributed by atoms with Crippen molar-refractivity contribution >= 4 is 61.3 Å². The van der Waals surface area contributed by atoms with Crippen LogP contribution in [0.2, 0.25) is 0 Å². The van der Waals surface area contributed by atoms with E-state index in [0.717, 1.165) is 49.8 Å². The van der Waals surface area contributed by atoms with Crippen molar-refractivity contribution < 1.29 is 4.74 Å². The summed E-state index contributed by atoms with van der Waals surface area (Å²) >= 11 is 4.85. The van der Waals surface area contributed by atoms with Crippen LogP contribution in [-0.2, 0) is 18.6 Å². The number of aromatic nitrogens is 4. The van der Waals surface area contributed by atoms with E-state index in [4.69, 9.17) is 15.5 Å². The third kappa shape index (κ3) is 3.94. The van der Waals surface area contributed by atoms with Crippen LogP contribution in [0.4, 0.5) is 16.6 Å². The summed E-state index contributed by atoms with van der Waals surface area (Å²) in [5.74, 6) is 2.77. The zero-order chi connectivity index (χ0) is 20.5. The second-order valence-corrected chi connectivity index (χ2v) is 10.2. The first-order valence-corrected chi connectivity index (χ1v) is 12.3.